The van der Waals surface area contributed by atoms with Crippen LogP contribution in [0.15, 0.2) is 0 Å². The number of esters is 3. The zero-order valence-corrected chi connectivity index (χ0v) is 38.1. The molecular weight excluding hydrogens is 697 g/mol. The summed E-state index contributed by atoms with van der Waals surface area (Å²) in [6.45, 7) is 8.98. The van der Waals surface area contributed by atoms with E-state index in [0.717, 1.165) is 63.7 Å². The van der Waals surface area contributed by atoms with Gasteiger partial charge in [-0.25, -0.2) is 0 Å². The molecule has 56 heavy (non-hydrogen) atoms. The van der Waals surface area contributed by atoms with Crippen LogP contribution in [0.3, 0.4) is 0 Å². The zero-order chi connectivity index (χ0) is 41.0. The fourth-order valence-electron chi connectivity index (χ4n) is 7.51. The highest BCUT2D eigenvalue weighted by molar-refractivity contribution is 5.71. The Labute approximate surface area is 348 Å². The average molecular weight is 793 g/mol. The summed E-state index contributed by atoms with van der Waals surface area (Å²) in [4.78, 5) is 37.7. The SMILES string of the molecule is CCCCCCCCCCCCCCCCCCC(=O)OC[C@@H](COC(=O)CCCCCCCCC)OC(=O)CCCCCCCCCCCCCCC(C)C. The molecule has 0 radical (unpaired) electrons. The third-order valence-electron chi connectivity index (χ3n) is 11.3. The Balaban J connectivity index is 4.21. The first-order valence-electron chi connectivity index (χ1n) is 24.9. The van der Waals surface area contributed by atoms with Crippen LogP contribution in [-0.4, -0.2) is 37.2 Å². The van der Waals surface area contributed by atoms with Crippen LogP contribution in [0.1, 0.15) is 278 Å². The van der Waals surface area contributed by atoms with E-state index < -0.39 is 6.10 Å². The number of unbranched alkanes of at least 4 members (excludes halogenated alkanes) is 32. The second-order valence-corrected chi connectivity index (χ2v) is 17.6. The second kappa shape index (κ2) is 44.5. The molecule has 0 aliphatic rings. The zero-order valence-electron chi connectivity index (χ0n) is 38.1. The molecule has 0 aromatic heterocycles. The van der Waals surface area contributed by atoms with E-state index >= 15 is 0 Å². The number of carbonyl (C=O) groups excluding carboxylic acids is 3. The van der Waals surface area contributed by atoms with Gasteiger partial charge in [0.25, 0.3) is 0 Å². The van der Waals surface area contributed by atoms with E-state index in [1.54, 1.807) is 0 Å². The number of rotatable bonds is 45. The number of hydrogen-bond donors (Lipinski definition) is 0. The minimum Gasteiger partial charge on any atom is -0.462 e. The summed E-state index contributed by atoms with van der Waals surface area (Å²) in [7, 11) is 0. The first kappa shape index (κ1) is 54.4. The molecule has 0 fully saturated rings. The van der Waals surface area contributed by atoms with Crippen molar-refractivity contribution in [3.05, 3.63) is 0 Å². The molecule has 6 heteroatoms. The van der Waals surface area contributed by atoms with Crippen LogP contribution < -0.4 is 0 Å². The van der Waals surface area contributed by atoms with Crippen molar-refractivity contribution in [2.45, 2.75) is 284 Å². The molecule has 1 atom stereocenters. The predicted molar refractivity (Wildman–Crippen MR) is 238 cm³/mol. The summed E-state index contributed by atoms with van der Waals surface area (Å²) in [6, 6.07) is 0. The lowest BCUT2D eigenvalue weighted by molar-refractivity contribution is -0.167. The Hall–Kier alpha value is -1.59. The van der Waals surface area contributed by atoms with Gasteiger partial charge in [0.2, 0.25) is 0 Å². The standard InChI is InChI=1S/C50H96O6/c1-5-7-9-11-13-14-15-16-17-18-19-23-26-30-34-38-42-49(52)55-45-47(44-54-48(51)41-37-33-28-12-10-8-6-2)56-50(53)43-39-35-31-27-24-21-20-22-25-29-32-36-40-46(3)4/h46-47H,5-45H2,1-4H3/t47-/m1/s1. The maximum absolute atomic E-state index is 12.7. The smallest absolute Gasteiger partial charge is 0.306 e. The van der Waals surface area contributed by atoms with Gasteiger partial charge < -0.3 is 14.2 Å². The molecule has 0 saturated heterocycles. The summed E-state index contributed by atoms with van der Waals surface area (Å²) in [5.74, 6) is -0.0217. The topological polar surface area (TPSA) is 78.9 Å². The molecule has 0 heterocycles. The Morgan fingerprint density at radius 1 is 0.339 bits per heavy atom. The molecule has 0 N–H and O–H groups in total. The molecule has 0 rings (SSSR count). The van der Waals surface area contributed by atoms with Gasteiger partial charge >= 0.3 is 17.9 Å². The quantitative estimate of drug-likeness (QED) is 0.0347. The Morgan fingerprint density at radius 3 is 0.875 bits per heavy atom. The van der Waals surface area contributed by atoms with Crippen molar-refractivity contribution in [3.63, 3.8) is 0 Å². The molecular formula is C50H96O6. The van der Waals surface area contributed by atoms with Crippen LogP contribution in [0.5, 0.6) is 0 Å². The van der Waals surface area contributed by atoms with Crippen molar-refractivity contribution in [2.75, 3.05) is 13.2 Å². The number of ether oxygens (including phenoxy) is 3. The molecule has 0 aromatic carbocycles. The molecule has 0 aliphatic heterocycles. The summed E-state index contributed by atoms with van der Waals surface area (Å²) in [5.41, 5.74) is 0. The molecule has 0 saturated carbocycles. The van der Waals surface area contributed by atoms with Gasteiger partial charge in [0, 0.05) is 19.3 Å². The van der Waals surface area contributed by atoms with E-state index in [0.29, 0.717) is 19.3 Å². The third-order valence-corrected chi connectivity index (χ3v) is 11.3. The molecule has 332 valence electrons. The molecule has 0 bridgehead atoms. The van der Waals surface area contributed by atoms with E-state index in [-0.39, 0.29) is 31.1 Å². The van der Waals surface area contributed by atoms with Crippen molar-refractivity contribution in [2.24, 2.45) is 5.92 Å². The highest BCUT2D eigenvalue weighted by Crippen LogP contribution is 2.17. The maximum Gasteiger partial charge on any atom is 0.306 e. The van der Waals surface area contributed by atoms with Gasteiger partial charge in [-0.1, -0.05) is 240 Å². The lowest BCUT2D eigenvalue weighted by Gasteiger charge is -2.18. The summed E-state index contributed by atoms with van der Waals surface area (Å²) in [5, 5.41) is 0. The van der Waals surface area contributed by atoms with E-state index in [4.69, 9.17) is 14.2 Å². The Kier molecular flexibility index (Phi) is 43.2. The lowest BCUT2D eigenvalue weighted by atomic mass is 10.0. The van der Waals surface area contributed by atoms with Crippen LogP contribution in [0.25, 0.3) is 0 Å². The number of carbonyl (C=O) groups is 3. The van der Waals surface area contributed by atoms with Gasteiger partial charge in [0.1, 0.15) is 13.2 Å². The van der Waals surface area contributed by atoms with Gasteiger partial charge in [-0.05, 0) is 25.2 Å². The third kappa shape index (κ3) is 43.5. The molecule has 0 aliphatic carbocycles. The van der Waals surface area contributed by atoms with Gasteiger partial charge in [-0.2, -0.15) is 0 Å². The Bertz CT molecular complexity index is 841. The van der Waals surface area contributed by atoms with E-state index in [1.165, 1.54) is 173 Å². The highest BCUT2D eigenvalue weighted by atomic mass is 16.6. The Morgan fingerprint density at radius 2 is 0.589 bits per heavy atom. The van der Waals surface area contributed by atoms with Crippen molar-refractivity contribution in [1.82, 2.24) is 0 Å². The van der Waals surface area contributed by atoms with Gasteiger partial charge in [0.15, 0.2) is 6.10 Å². The van der Waals surface area contributed by atoms with Crippen LogP contribution in [0, 0.1) is 5.92 Å². The lowest BCUT2D eigenvalue weighted by Crippen LogP contribution is -2.30. The molecule has 0 amide bonds. The van der Waals surface area contributed by atoms with Crippen LogP contribution >= 0.6 is 0 Å². The molecule has 0 spiro atoms. The largest absolute Gasteiger partial charge is 0.462 e. The van der Waals surface area contributed by atoms with Crippen molar-refractivity contribution < 1.29 is 28.6 Å². The molecule has 0 unspecified atom stereocenters. The van der Waals surface area contributed by atoms with Gasteiger partial charge in [-0.3, -0.25) is 14.4 Å². The first-order chi connectivity index (χ1) is 27.4. The summed E-state index contributed by atoms with van der Waals surface area (Å²) < 4.78 is 16.7. The number of hydrogen-bond acceptors (Lipinski definition) is 6. The summed E-state index contributed by atoms with van der Waals surface area (Å²) >= 11 is 0. The maximum atomic E-state index is 12.7. The average Bonchev–Trinajstić information content (AvgIpc) is 3.18. The van der Waals surface area contributed by atoms with Crippen molar-refractivity contribution in [1.29, 1.82) is 0 Å². The second-order valence-electron chi connectivity index (χ2n) is 17.6. The molecule has 6 nitrogen and oxygen atoms in total. The fraction of sp³-hybridized carbons (Fsp3) is 0.940. The summed E-state index contributed by atoms with van der Waals surface area (Å²) in [6.07, 6.45) is 45.3. The van der Waals surface area contributed by atoms with Crippen LogP contribution in [0.4, 0.5) is 0 Å². The predicted octanol–water partition coefficient (Wildman–Crippen LogP) is 15.9. The van der Waals surface area contributed by atoms with E-state index in [1.807, 2.05) is 0 Å². The fourth-order valence-corrected chi connectivity index (χ4v) is 7.51. The van der Waals surface area contributed by atoms with Gasteiger partial charge in [0.05, 0.1) is 0 Å². The first-order valence-corrected chi connectivity index (χ1v) is 24.9. The molecule has 0 aromatic rings. The van der Waals surface area contributed by atoms with Crippen LogP contribution in [0.2, 0.25) is 0 Å². The minimum absolute atomic E-state index is 0.0634. The van der Waals surface area contributed by atoms with E-state index in [2.05, 4.69) is 27.7 Å². The van der Waals surface area contributed by atoms with Crippen molar-refractivity contribution >= 4 is 17.9 Å². The van der Waals surface area contributed by atoms with Crippen molar-refractivity contribution in [3.8, 4) is 0 Å². The normalized spacial score (nSPS) is 11.9. The minimum atomic E-state index is -0.759. The van der Waals surface area contributed by atoms with Crippen LogP contribution in [-0.2, 0) is 28.6 Å². The van der Waals surface area contributed by atoms with E-state index in [9.17, 15) is 14.4 Å². The highest BCUT2D eigenvalue weighted by Gasteiger charge is 2.19. The monoisotopic (exact) mass is 793 g/mol. The van der Waals surface area contributed by atoms with Gasteiger partial charge in [-0.15, -0.1) is 0 Å².